The van der Waals surface area contributed by atoms with Crippen LogP contribution in [0.4, 0.5) is 0 Å². The lowest BCUT2D eigenvalue weighted by Crippen LogP contribution is -1.74. The molecule has 0 aliphatic carbocycles. The van der Waals surface area contributed by atoms with Gasteiger partial charge in [0, 0.05) is 0 Å². The van der Waals surface area contributed by atoms with Crippen molar-refractivity contribution in [2.45, 2.75) is 52.4 Å². The van der Waals surface area contributed by atoms with Crippen molar-refractivity contribution in [3.8, 4) is 0 Å². The molecule has 0 radical (unpaired) electrons. The van der Waals surface area contributed by atoms with Gasteiger partial charge < -0.3 is 0 Å². The Kier molecular flexibility index (Phi) is 8.48. The monoisotopic (exact) mass is 218 g/mol. The van der Waals surface area contributed by atoms with Gasteiger partial charge in [0.1, 0.15) is 0 Å². The lowest BCUT2D eigenvalue weighted by atomic mass is 10.1. The van der Waals surface area contributed by atoms with Crippen molar-refractivity contribution in [3.63, 3.8) is 0 Å². The molecule has 0 atom stereocenters. The summed E-state index contributed by atoms with van der Waals surface area (Å²) in [5.74, 6) is 0. The first kappa shape index (κ1) is 11.2. The standard InChI is InChI=1S/C10H19Br/c1-3-5-6-7-8-9-10(11)4-2/h9H,3-8H2,1-2H3/b10-9+. The van der Waals surface area contributed by atoms with Crippen LogP contribution in [-0.2, 0) is 0 Å². The number of hydrogen-bond acceptors (Lipinski definition) is 0. The molecule has 0 aromatic carbocycles. The SMILES string of the molecule is CCCCCC/C=C(/Br)CC. The minimum absolute atomic E-state index is 1.13. The van der Waals surface area contributed by atoms with Crippen LogP contribution in [0.3, 0.4) is 0 Å². The zero-order valence-electron chi connectivity index (χ0n) is 7.70. The van der Waals surface area contributed by atoms with Crippen LogP contribution in [0.5, 0.6) is 0 Å². The van der Waals surface area contributed by atoms with E-state index in [1.165, 1.54) is 36.6 Å². The second-order valence-corrected chi connectivity index (χ2v) is 3.87. The van der Waals surface area contributed by atoms with Crippen LogP contribution in [0, 0.1) is 0 Å². The van der Waals surface area contributed by atoms with Gasteiger partial charge >= 0.3 is 0 Å². The Balaban J connectivity index is 3.12. The van der Waals surface area contributed by atoms with Gasteiger partial charge in [-0.2, -0.15) is 0 Å². The van der Waals surface area contributed by atoms with Crippen molar-refractivity contribution < 1.29 is 0 Å². The highest BCUT2D eigenvalue weighted by atomic mass is 79.9. The second kappa shape index (κ2) is 8.32. The van der Waals surface area contributed by atoms with Crippen molar-refractivity contribution >= 4 is 15.9 Å². The van der Waals surface area contributed by atoms with Gasteiger partial charge in [0.2, 0.25) is 0 Å². The first-order chi connectivity index (χ1) is 5.31. The van der Waals surface area contributed by atoms with E-state index in [0.717, 1.165) is 6.42 Å². The van der Waals surface area contributed by atoms with E-state index in [1.54, 1.807) is 0 Å². The second-order valence-electron chi connectivity index (χ2n) is 2.85. The Labute approximate surface area is 79.2 Å². The zero-order valence-corrected chi connectivity index (χ0v) is 9.28. The third-order valence-corrected chi connectivity index (χ3v) is 2.65. The Bertz CT molecular complexity index is 105. The average Bonchev–Trinajstić information content (AvgIpc) is 2.04. The molecule has 0 saturated carbocycles. The molecule has 0 bridgehead atoms. The van der Waals surface area contributed by atoms with Gasteiger partial charge in [-0.25, -0.2) is 0 Å². The third-order valence-electron chi connectivity index (χ3n) is 1.76. The molecule has 0 spiro atoms. The zero-order chi connectivity index (χ0) is 8.53. The summed E-state index contributed by atoms with van der Waals surface area (Å²) >= 11 is 3.51. The summed E-state index contributed by atoms with van der Waals surface area (Å²) in [6.45, 7) is 4.42. The van der Waals surface area contributed by atoms with E-state index in [9.17, 15) is 0 Å². The van der Waals surface area contributed by atoms with Gasteiger partial charge in [-0.05, 0) is 23.7 Å². The van der Waals surface area contributed by atoms with Crippen LogP contribution in [0.1, 0.15) is 52.4 Å². The average molecular weight is 219 g/mol. The molecule has 0 nitrogen and oxygen atoms in total. The topological polar surface area (TPSA) is 0 Å². The van der Waals surface area contributed by atoms with E-state index < -0.39 is 0 Å². The molecule has 0 aliphatic rings. The lowest BCUT2D eigenvalue weighted by Gasteiger charge is -1.95. The van der Waals surface area contributed by atoms with Crippen LogP contribution >= 0.6 is 15.9 Å². The molecule has 0 heterocycles. The molecule has 0 rings (SSSR count). The summed E-state index contributed by atoms with van der Waals surface area (Å²) < 4.78 is 1.36. The smallest absolute Gasteiger partial charge is 0.00920 e. The molecular formula is C10H19Br. The fraction of sp³-hybridized carbons (Fsp3) is 0.800. The summed E-state index contributed by atoms with van der Waals surface area (Å²) in [5.41, 5.74) is 0. The molecule has 0 N–H and O–H groups in total. The first-order valence-electron chi connectivity index (χ1n) is 4.65. The molecular weight excluding hydrogens is 200 g/mol. The van der Waals surface area contributed by atoms with Gasteiger partial charge in [-0.1, -0.05) is 55.1 Å². The highest BCUT2D eigenvalue weighted by Gasteiger charge is 1.87. The fourth-order valence-electron chi connectivity index (χ4n) is 0.974. The lowest BCUT2D eigenvalue weighted by molar-refractivity contribution is 0.674. The molecule has 0 aromatic rings. The minimum Gasteiger partial charge on any atom is -0.0744 e. The largest absolute Gasteiger partial charge is 0.0744 e. The number of unbranched alkanes of at least 4 members (excludes halogenated alkanes) is 4. The number of hydrogen-bond donors (Lipinski definition) is 0. The Hall–Kier alpha value is 0.220. The van der Waals surface area contributed by atoms with Crippen LogP contribution in [0.15, 0.2) is 10.6 Å². The number of halogens is 1. The Morgan fingerprint density at radius 2 is 1.91 bits per heavy atom. The Morgan fingerprint density at radius 3 is 2.45 bits per heavy atom. The van der Waals surface area contributed by atoms with Crippen LogP contribution in [0.25, 0.3) is 0 Å². The van der Waals surface area contributed by atoms with Crippen molar-refractivity contribution in [1.29, 1.82) is 0 Å². The van der Waals surface area contributed by atoms with E-state index in [1.807, 2.05) is 0 Å². The van der Waals surface area contributed by atoms with E-state index >= 15 is 0 Å². The molecule has 0 aromatic heterocycles. The molecule has 0 amide bonds. The van der Waals surface area contributed by atoms with E-state index in [0.29, 0.717) is 0 Å². The highest BCUT2D eigenvalue weighted by Crippen LogP contribution is 2.12. The maximum atomic E-state index is 3.51. The summed E-state index contributed by atoms with van der Waals surface area (Å²) in [5, 5.41) is 0. The fourth-order valence-corrected chi connectivity index (χ4v) is 1.20. The van der Waals surface area contributed by atoms with Crippen molar-refractivity contribution in [2.24, 2.45) is 0 Å². The van der Waals surface area contributed by atoms with Crippen LogP contribution in [0.2, 0.25) is 0 Å². The first-order valence-corrected chi connectivity index (χ1v) is 5.45. The van der Waals surface area contributed by atoms with E-state index in [-0.39, 0.29) is 0 Å². The van der Waals surface area contributed by atoms with E-state index in [4.69, 9.17) is 0 Å². The van der Waals surface area contributed by atoms with Gasteiger partial charge in [0.15, 0.2) is 0 Å². The minimum atomic E-state index is 1.13. The van der Waals surface area contributed by atoms with Crippen molar-refractivity contribution in [1.82, 2.24) is 0 Å². The van der Waals surface area contributed by atoms with Crippen LogP contribution < -0.4 is 0 Å². The summed E-state index contributed by atoms with van der Waals surface area (Å²) in [6.07, 6.45) is 10.1. The summed E-state index contributed by atoms with van der Waals surface area (Å²) in [4.78, 5) is 0. The van der Waals surface area contributed by atoms with Crippen LogP contribution in [-0.4, -0.2) is 0 Å². The van der Waals surface area contributed by atoms with Gasteiger partial charge in [0.05, 0.1) is 0 Å². The van der Waals surface area contributed by atoms with Gasteiger partial charge in [-0.15, -0.1) is 0 Å². The number of rotatable bonds is 6. The molecule has 66 valence electrons. The quantitative estimate of drug-likeness (QED) is 0.570. The normalized spacial score (nSPS) is 12.1. The highest BCUT2D eigenvalue weighted by molar-refractivity contribution is 9.11. The molecule has 0 aliphatic heterocycles. The molecule has 1 heteroatoms. The predicted molar refractivity (Wildman–Crippen MR) is 56.1 cm³/mol. The predicted octanol–water partition coefficient (Wildman–Crippen LogP) is 4.65. The molecule has 0 fully saturated rings. The maximum Gasteiger partial charge on any atom is -0.00920 e. The molecule has 0 saturated heterocycles. The summed E-state index contributed by atoms with van der Waals surface area (Å²) in [6, 6.07) is 0. The van der Waals surface area contributed by atoms with Gasteiger partial charge in [-0.3, -0.25) is 0 Å². The van der Waals surface area contributed by atoms with Crippen molar-refractivity contribution in [3.05, 3.63) is 10.6 Å². The summed E-state index contributed by atoms with van der Waals surface area (Å²) in [7, 11) is 0. The van der Waals surface area contributed by atoms with Crippen molar-refractivity contribution in [2.75, 3.05) is 0 Å². The Morgan fingerprint density at radius 1 is 1.18 bits per heavy atom. The maximum absolute atomic E-state index is 3.51. The third kappa shape index (κ3) is 8.12. The van der Waals surface area contributed by atoms with Gasteiger partial charge in [0.25, 0.3) is 0 Å². The number of allylic oxidation sites excluding steroid dienone is 2. The molecule has 11 heavy (non-hydrogen) atoms. The van der Waals surface area contributed by atoms with E-state index in [2.05, 4.69) is 35.9 Å². The molecule has 0 unspecified atom stereocenters.